The number of nitrogens with one attached hydrogen (secondary N) is 1. The third-order valence-corrected chi connectivity index (χ3v) is 5.55. The van der Waals surface area contributed by atoms with E-state index >= 15 is 0 Å². The third kappa shape index (κ3) is 2.52. The molecule has 0 atom stereocenters. The molecule has 0 saturated heterocycles. The van der Waals surface area contributed by atoms with Gasteiger partial charge in [0.05, 0.1) is 21.9 Å². The fraction of sp³-hybridized carbons (Fsp3) is 0.300. The van der Waals surface area contributed by atoms with Gasteiger partial charge in [-0.2, -0.15) is 5.10 Å². The molecule has 0 aliphatic rings. The van der Waals surface area contributed by atoms with Crippen LogP contribution in [0.4, 0.5) is 5.69 Å². The molecule has 2 heterocycles. The molecule has 5 nitrogen and oxygen atoms in total. The summed E-state index contributed by atoms with van der Waals surface area (Å²) >= 11 is 6.76. The Bertz CT molecular complexity index is 660. The molecule has 0 amide bonds. The van der Waals surface area contributed by atoms with Crippen molar-refractivity contribution in [2.24, 2.45) is 0 Å². The minimum Gasteiger partial charge on any atom is -0.275 e. The molecule has 1 N–H and O–H groups in total. The van der Waals surface area contributed by atoms with Gasteiger partial charge in [-0.1, -0.05) is 11.6 Å². The van der Waals surface area contributed by atoms with Crippen LogP contribution in [-0.2, 0) is 16.6 Å². The highest BCUT2D eigenvalue weighted by atomic mass is 35.5. The van der Waals surface area contributed by atoms with Crippen LogP contribution in [0.5, 0.6) is 0 Å². The summed E-state index contributed by atoms with van der Waals surface area (Å²) < 4.78 is 29.0. The van der Waals surface area contributed by atoms with E-state index in [4.69, 9.17) is 11.6 Å². The first-order valence-electron chi connectivity index (χ1n) is 5.24. The summed E-state index contributed by atoms with van der Waals surface area (Å²) in [5, 5.41) is 4.08. The Morgan fingerprint density at radius 3 is 2.72 bits per heavy atom. The smallest absolute Gasteiger partial charge is 0.271 e. The second kappa shape index (κ2) is 4.91. The lowest BCUT2D eigenvalue weighted by Gasteiger charge is -2.05. The Hall–Kier alpha value is -1.05. The molecule has 0 aliphatic heterocycles. The maximum absolute atomic E-state index is 12.1. The Labute approximate surface area is 114 Å². The molecule has 0 bridgehead atoms. The average molecular weight is 306 g/mol. The molecular weight excluding hydrogens is 294 g/mol. The summed E-state index contributed by atoms with van der Waals surface area (Å²) in [6, 6.07) is 3.04. The predicted octanol–water partition coefficient (Wildman–Crippen LogP) is 2.73. The molecule has 98 valence electrons. The van der Waals surface area contributed by atoms with E-state index in [-0.39, 0.29) is 4.21 Å². The van der Waals surface area contributed by atoms with Crippen LogP contribution in [-0.4, -0.2) is 18.2 Å². The number of aryl methyl sites for hydroxylation is 1. The highest BCUT2D eigenvalue weighted by Gasteiger charge is 2.19. The quantitative estimate of drug-likeness (QED) is 0.944. The Balaban J connectivity index is 2.30. The van der Waals surface area contributed by atoms with Gasteiger partial charge in [0.25, 0.3) is 10.0 Å². The average Bonchev–Trinajstić information content (AvgIpc) is 2.87. The van der Waals surface area contributed by atoms with Gasteiger partial charge in [0.2, 0.25) is 0 Å². The van der Waals surface area contributed by atoms with Crippen LogP contribution >= 0.6 is 22.9 Å². The van der Waals surface area contributed by atoms with E-state index < -0.39 is 10.0 Å². The van der Waals surface area contributed by atoms with Gasteiger partial charge in [-0.05, 0) is 26.0 Å². The summed E-state index contributed by atoms with van der Waals surface area (Å²) in [7, 11) is -3.58. The van der Waals surface area contributed by atoms with Crippen molar-refractivity contribution in [2.75, 3.05) is 4.72 Å². The van der Waals surface area contributed by atoms with E-state index in [1.54, 1.807) is 10.7 Å². The van der Waals surface area contributed by atoms with E-state index in [1.165, 1.54) is 12.3 Å². The van der Waals surface area contributed by atoms with Crippen molar-refractivity contribution in [3.05, 3.63) is 28.4 Å². The van der Waals surface area contributed by atoms with E-state index in [1.807, 2.05) is 13.8 Å². The van der Waals surface area contributed by atoms with Crippen LogP contribution in [0.25, 0.3) is 0 Å². The van der Waals surface area contributed by atoms with Crippen molar-refractivity contribution in [3.63, 3.8) is 0 Å². The van der Waals surface area contributed by atoms with Gasteiger partial charge >= 0.3 is 0 Å². The highest BCUT2D eigenvalue weighted by molar-refractivity contribution is 7.94. The molecule has 18 heavy (non-hydrogen) atoms. The molecule has 2 rings (SSSR count). The topological polar surface area (TPSA) is 64.0 Å². The molecule has 0 unspecified atom stereocenters. The molecule has 0 fully saturated rings. The van der Waals surface area contributed by atoms with Crippen LogP contribution in [0.1, 0.15) is 12.6 Å². The van der Waals surface area contributed by atoms with E-state index in [0.29, 0.717) is 16.6 Å². The van der Waals surface area contributed by atoms with Crippen molar-refractivity contribution in [1.29, 1.82) is 0 Å². The number of thiophene rings is 1. The number of nitrogens with zero attached hydrogens (tertiary/aromatic N) is 2. The van der Waals surface area contributed by atoms with Crippen LogP contribution in [0.2, 0.25) is 4.34 Å². The summed E-state index contributed by atoms with van der Waals surface area (Å²) in [6.45, 7) is 4.45. The summed E-state index contributed by atoms with van der Waals surface area (Å²) in [6.07, 6.45) is 1.51. The summed E-state index contributed by atoms with van der Waals surface area (Å²) in [5.41, 5.74) is 1.27. The molecule has 0 saturated carbocycles. The fourth-order valence-electron chi connectivity index (χ4n) is 1.50. The van der Waals surface area contributed by atoms with Gasteiger partial charge < -0.3 is 0 Å². The first-order chi connectivity index (χ1) is 8.44. The van der Waals surface area contributed by atoms with Crippen LogP contribution in [0.3, 0.4) is 0 Å². The predicted molar refractivity (Wildman–Crippen MR) is 72.8 cm³/mol. The monoisotopic (exact) mass is 305 g/mol. The number of rotatable bonds is 4. The van der Waals surface area contributed by atoms with E-state index in [9.17, 15) is 8.42 Å². The number of anilines is 1. The van der Waals surface area contributed by atoms with Gasteiger partial charge in [-0.25, -0.2) is 8.42 Å². The number of hydrogen-bond acceptors (Lipinski definition) is 4. The molecule has 0 spiro atoms. The van der Waals surface area contributed by atoms with Gasteiger partial charge in [-0.3, -0.25) is 9.40 Å². The number of hydrogen-bond donors (Lipinski definition) is 1. The van der Waals surface area contributed by atoms with Gasteiger partial charge in [0.1, 0.15) is 4.21 Å². The standard InChI is InChI=1S/C10H12ClN3O2S2/c1-3-14-7(2)8(6-12-14)13-18(15,16)10-5-4-9(11)17-10/h4-6,13H,3H2,1-2H3. The largest absolute Gasteiger partial charge is 0.275 e. The van der Waals surface area contributed by atoms with E-state index in [2.05, 4.69) is 9.82 Å². The van der Waals surface area contributed by atoms with Crippen molar-refractivity contribution in [2.45, 2.75) is 24.6 Å². The lowest BCUT2D eigenvalue weighted by molar-refractivity contribution is 0.603. The highest BCUT2D eigenvalue weighted by Crippen LogP contribution is 2.27. The molecule has 0 radical (unpaired) electrons. The second-order valence-electron chi connectivity index (χ2n) is 3.62. The summed E-state index contributed by atoms with van der Waals surface area (Å²) in [4.78, 5) is 0. The Kier molecular flexibility index (Phi) is 3.65. The molecular formula is C10H12ClN3O2S2. The van der Waals surface area contributed by atoms with Gasteiger partial charge in [-0.15, -0.1) is 11.3 Å². The third-order valence-electron chi connectivity index (χ3n) is 2.46. The first-order valence-corrected chi connectivity index (χ1v) is 7.92. The van der Waals surface area contributed by atoms with Crippen molar-refractivity contribution >= 4 is 38.6 Å². The molecule has 0 aromatic carbocycles. The molecule has 2 aromatic rings. The van der Waals surface area contributed by atoms with Crippen molar-refractivity contribution in [1.82, 2.24) is 9.78 Å². The maximum Gasteiger partial charge on any atom is 0.271 e. The Morgan fingerprint density at radius 1 is 1.50 bits per heavy atom. The first kappa shape index (κ1) is 13.4. The molecule has 2 aromatic heterocycles. The zero-order valence-corrected chi connectivity index (χ0v) is 12.2. The SMILES string of the molecule is CCn1ncc(NS(=O)(=O)c2ccc(Cl)s2)c1C. The minimum atomic E-state index is -3.58. The van der Waals surface area contributed by atoms with Crippen molar-refractivity contribution in [3.8, 4) is 0 Å². The number of aromatic nitrogens is 2. The second-order valence-corrected chi connectivity index (χ2v) is 7.25. The van der Waals surface area contributed by atoms with E-state index in [0.717, 1.165) is 17.0 Å². The number of sulfonamides is 1. The lowest BCUT2D eigenvalue weighted by atomic mass is 10.4. The Morgan fingerprint density at radius 2 is 2.22 bits per heavy atom. The fourth-order valence-corrected chi connectivity index (χ4v) is 4.09. The minimum absolute atomic E-state index is 0.191. The van der Waals surface area contributed by atoms with Crippen LogP contribution < -0.4 is 4.72 Å². The van der Waals surface area contributed by atoms with Crippen LogP contribution in [0, 0.1) is 6.92 Å². The molecule has 8 heteroatoms. The lowest BCUT2D eigenvalue weighted by Crippen LogP contribution is -2.12. The molecule has 0 aliphatic carbocycles. The maximum atomic E-state index is 12.1. The van der Waals surface area contributed by atoms with Crippen LogP contribution in [0.15, 0.2) is 22.5 Å². The zero-order valence-electron chi connectivity index (χ0n) is 9.84. The summed E-state index contributed by atoms with van der Waals surface area (Å²) in [5.74, 6) is 0. The zero-order chi connectivity index (χ0) is 13.3. The van der Waals surface area contributed by atoms with Crippen molar-refractivity contribution < 1.29 is 8.42 Å². The van der Waals surface area contributed by atoms with Gasteiger partial charge in [0.15, 0.2) is 0 Å². The normalized spacial score (nSPS) is 11.7. The van der Waals surface area contributed by atoms with Gasteiger partial charge in [0, 0.05) is 6.54 Å². The number of halogens is 1.